The van der Waals surface area contributed by atoms with Gasteiger partial charge in [-0.2, -0.15) is 0 Å². The molecule has 1 atom stereocenters. The van der Waals surface area contributed by atoms with E-state index in [-0.39, 0.29) is 11.3 Å². The van der Waals surface area contributed by atoms with Gasteiger partial charge >= 0.3 is 0 Å². The second kappa shape index (κ2) is 7.52. The highest BCUT2D eigenvalue weighted by Gasteiger charge is 2.20. The van der Waals surface area contributed by atoms with E-state index in [1.165, 1.54) is 27.4 Å². The van der Waals surface area contributed by atoms with Gasteiger partial charge in [-0.3, -0.25) is 9.59 Å². The maximum Gasteiger partial charge on any atom is 0.255 e. The fourth-order valence-electron chi connectivity index (χ4n) is 1.87. The highest BCUT2D eigenvalue weighted by Crippen LogP contribution is 2.34. The molecule has 0 saturated carbocycles. The highest BCUT2D eigenvalue weighted by atomic mass is 16.5. The number of carbonyl (C=O) groups is 2. The minimum atomic E-state index is -0.555. The van der Waals surface area contributed by atoms with Gasteiger partial charge in [0.05, 0.1) is 32.9 Å². The molecule has 1 N–H and O–H groups in total. The van der Waals surface area contributed by atoms with E-state index in [9.17, 15) is 9.59 Å². The van der Waals surface area contributed by atoms with E-state index in [2.05, 4.69) is 5.32 Å². The van der Waals surface area contributed by atoms with Crippen molar-refractivity contribution in [3.05, 3.63) is 17.7 Å². The molecule has 0 aliphatic rings. The highest BCUT2D eigenvalue weighted by molar-refractivity contribution is 6.00. The molecule has 1 rings (SSSR count). The predicted molar refractivity (Wildman–Crippen MR) is 78.3 cm³/mol. The number of ether oxygens (including phenoxy) is 3. The first-order valence-corrected chi connectivity index (χ1v) is 6.62. The van der Waals surface area contributed by atoms with Crippen molar-refractivity contribution >= 4 is 11.7 Å². The van der Waals surface area contributed by atoms with Crippen molar-refractivity contribution in [2.24, 2.45) is 0 Å². The van der Waals surface area contributed by atoms with Crippen molar-refractivity contribution in [2.45, 2.75) is 26.3 Å². The zero-order chi connectivity index (χ0) is 16.0. The number of ketones is 1. The number of nitrogens with one attached hydrogen (secondary N) is 1. The van der Waals surface area contributed by atoms with Gasteiger partial charge in [0.25, 0.3) is 5.91 Å². The number of Topliss-reactive ketones (excluding diaryl/α,β-unsaturated/α-hetero) is 1. The molecule has 0 bridgehead atoms. The molecule has 0 radical (unpaired) electrons. The van der Waals surface area contributed by atoms with E-state index < -0.39 is 11.9 Å². The summed E-state index contributed by atoms with van der Waals surface area (Å²) in [5.74, 6) is 0.785. The summed E-state index contributed by atoms with van der Waals surface area (Å²) in [6.07, 6.45) is 0.366. The van der Waals surface area contributed by atoms with Crippen LogP contribution in [0, 0.1) is 0 Å². The molecule has 1 unspecified atom stereocenters. The van der Waals surface area contributed by atoms with Crippen LogP contribution < -0.4 is 19.5 Å². The van der Waals surface area contributed by atoms with Crippen molar-refractivity contribution in [1.82, 2.24) is 5.32 Å². The molecule has 0 aliphatic heterocycles. The summed E-state index contributed by atoms with van der Waals surface area (Å²) in [6.45, 7) is 3.40. The first-order valence-electron chi connectivity index (χ1n) is 6.62. The summed E-state index contributed by atoms with van der Waals surface area (Å²) in [5, 5.41) is 2.65. The first-order chi connectivity index (χ1) is 9.98. The summed E-state index contributed by atoms with van der Waals surface area (Å²) < 4.78 is 15.5. The second-order valence-electron chi connectivity index (χ2n) is 4.42. The molecule has 116 valence electrons. The van der Waals surface area contributed by atoms with Crippen molar-refractivity contribution < 1.29 is 23.8 Å². The van der Waals surface area contributed by atoms with Gasteiger partial charge in [0.2, 0.25) is 0 Å². The number of benzene rings is 1. The Labute approximate surface area is 124 Å². The number of amides is 1. The standard InChI is InChI=1S/C15H21NO5/c1-6-11(17)9(2)16-15(18)10-7-13(20-4)14(21-5)8-12(10)19-3/h7-9H,6H2,1-5H3,(H,16,18). The lowest BCUT2D eigenvalue weighted by Crippen LogP contribution is -2.38. The molecule has 1 amide bonds. The molecule has 0 spiro atoms. The monoisotopic (exact) mass is 295 g/mol. The van der Waals surface area contributed by atoms with Crippen LogP contribution in [0.25, 0.3) is 0 Å². The van der Waals surface area contributed by atoms with Crippen molar-refractivity contribution in [2.75, 3.05) is 21.3 Å². The normalized spacial score (nSPS) is 11.5. The number of rotatable bonds is 7. The van der Waals surface area contributed by atoms with E-state index >= 15 is 0 Å². The molecule has 0 fully saturated rings. The molecule has 0 saturated heterocycles. The lowest BCUT2D eigenvalue weighted by atomic mass is 10.1. The van der Waals surface area contributed by atoms with Gasteiger partial charge in [-0.25, -0.2) is 0 Å². The molecule has 0 aromatic heterocycles. The lowest BCUT2D eigenvalue weighted by molar-refractivity contribution is -0.120. The maximum atomic E-state index is 12.3. The summed E-state index contributed by atoms with van der Waals surface area (Å²) in [6, 6.07) is 2.54. The van der Waals surface area contributed by atoms with Gasteiger partial charge in [0, 0.05) is 18.6 Å². The average molecular weight is 295 g/mol. The predicted octanol–water partition coefficient (Wildman–Crippen LogP) is 1.81. The van der Waals surface area contributed by atoms with Crippen LogP contribution in [0.4, 0.5) is 0 Å². The molecular weight excluding hydrogens is 274 g/mol. The topological polar surface area (TPSA) is 73.9 Å². The minimum Gasteiger partial charge on any atom is -0.496 e. The van der Waals surface area contributed by atoms with Gasteiger partial charge in [-0.15, -0.1) is 0 Å². The largest absolute Gasteiger partial charge is 0.496 e. The fraction of sp³-hybridized carbons (Fsp3) is 0.467. The third-order valence-corrected chi connectivity index (χ3v) is 3.13. The molecule has 1 aromatic carbocycles. The van der Waals surface area contributed by atoms with Gasteiger partial charge in [0.15, 0.2) is 17.3 Å². The second-order valence-corrected chi connectivity index (χ2v) is 4.42. The number of hydrogen-bond acceptors (Lipinski definition) is 5. The molecule has 0 heterocycles. The van der Waals surface area contributed by atoms with E-state index in [0.717, 1.165) is 0 Å². The van der Waals surface area contributed by atoms with Crippen molar-refractivity contribution in [3.63, 3.8) is 0 Å². The van der Waals surface area contributed by atoms with Crippen LogP contribution >= 0.6 is 0 Å². The van der Waals surface area contributed by atoms with Gasteiger partial charge in [-0.1, -0.05) is 6.92 Å². The summed E-state index contributed by atoms with van der Waals surface area (Å²) in [4.78, 5) is 23.8. The molecule has 1 aromatic rings. The summed E-state index contributed by atoms with van der Waals surface area (Å²) in [7, 11) is 4.44. The van der Waals surface area contributed by atoms with Crippen molar-refractivity contribution in [1.29, 1.82) is 0 Å². The quantitative estimate of drug-likeness (QED) is 0.830. The van der Waals surface area contributed by atoms with Crippen LogP contribution in [-0.4, -0.2) is 39.1 Å². The Hall–Kier alpha value is -2.24. The zero-order valence-electron chi connectivity index (χ0n) is 13.0. The average Bonchev–Trinajstić information content (AvgIpc) is 2.52. The number of carbonyl (C=O) groups excluding carboxylic acids is 2. The van der Waals surface area contributed by atoms with Crippen LogP contribution in [0.5, 0.6) is 17.2 Å². The zero-order valence-corrected chi connectivity index (χ0v) is 13.0. The minimum absolute atomic E-state index is 0.0391. The molecule has 0 aliphatic carbocycles. The van der Waals surface area contributed by atoms with Crippen LogP contribution in [0.2, 0.25) is 0 Å². The van der Waals surface area contributed by atoms with Crippen LogP contribution in [-0.2, 0) is 4.79 Å². The number of methoxy groups -OCH3 is 3. The SMILES string of the molecule is CCC(=O)C(C)NC(=O)c1cc(OC)c(OC)cc1OC. The van der Waals surface area contributed by atoms with Crippen molar-refractivity contribution in [3.8, 4) is 17.2 Å². The summed E-state index contributed by atoms with van der Waals surface area (Å²) >= 11 is 0. The Morgan fingerprint density at radius 3 is 2.05 bits per heavy atom. The van der Waals surface area contributed by atoms with Gasteiger partial charge in [-0.05, 0) is 6.92 Å². The van der Waals surface area contributed by atoms with E-state index in [0.29, 0.717) is 23.7 Å². The van der Waals surface area contributed by atoms with Crippen LogP contribution in [0.15, 0.2) is 12.1 Å². The Morgan fingerprint density at radius 1 is 1.05 bits per heavy atom. The van der Waals surface area contributed by atoms with Gasteiger partial charge in [0.1, 0.15) is 5.75 Å². The lowest BCUT2D eigenvalue weighted by Gasteiger charge is -2.16. The smallest absolute Gasteiger partial charge is 0.255 e. The van der Waals surface area contributed by atoms with E-state index in [1.807, 2.05) is 0 Å². The third kappa shape index (κ3) is 3.87. The molecule has 6 nitrogen and oxygen atoms in total. The molecular formula is C15H21NO5. The summed E-state index contributed by atoms with van der Waals surface area (Å²) in [5.41, 5.74) is 0.283. The van der Waals surface area contributed by atoms with E-state index in [4.69, 9.17) is 14.2 Å². The number of hydrogen-bond donors (Lipinski definition) is 1. The van der Waals surface area contributed by atoms with Crippen LogP contribution in [0.3, 0.4) is 0 Å². The Bertz CT molecular complexity index is 527. The van der Waals surface area contributed by atoms with Gasteiger partial charge < -0.3 is 19.5 Å². The fourth-order valence-corrected chi connectivity index (χ4v) is 1.87. The third-order valence-electron chi connectivity index (χ3n) is 3.13. The van der Waals surface area contributed by atoms with E-state index in [1.54, 1.807) is 19.9 Å². The Morgan fingerprint density at radius 2 is 1.57 bits per heavy atom. The molecule has 21 heavy (non-hydrogen) atoms. The maximum absolute atomic E-state index is 12.3. The van der Waals surface area contributed by atoms with Crippen LogP contribution in [0.1, 0.15) is 30.6 Å². The first kappa shape index (κ1) is 16.8. The Kier molecular flexibility index (Phi) is 6.02. The Balaban J connectivity index is 3.10. The molecule has 6 heteroatoms.